The van der Waals surface area contributed by atoms with Crippen LogP contribution in [-0.2, 0) is 16.1 Å². The Balaban J connectivity index is 1.67. The fourth-order valence-electron chi connectivity index (χ4n) is 3.72. The van der Waals surface area contributed by atoms with Gasteiger partial charge in [0, 0.05) is 36.6 Å². The average molecular weight is 400 g/mol. The van der Waals surface area contributed by atoms with Crippen LogP contribution in [0, 0.1) is 6.92 Å². The molecule has 2 N–H and O–H groups in total. The zero-order valence-electron chi connectivity index (χ0n) is 17.2. The SMILES string of the molecule is COc1ccc(NC(=O)C2(NC(=O)CCn3cncc3C)CCCC2)cc1OC. The summed E-state index contributed by atoms with van der Waals surface area (Å²) in [4.78, 5) is 29.8. The van der Waals surface area contributed by atoms with E-state index in [0.29, 0.717) is 43.0 Å². The van der Waals surface area contributed by atoms with E-state index >= 15 is 0 Å². The van der Waals surface area contributed by atoms with Gasteiger partial charge >= 0.3 is 0 Å². The number of imidazole rings is 1. The third-order valence-electron chi connectivity index (χ3n) is 5.41. The Hall–Kier alpha value is -3.03. The molecule has 156 valence electrons. The first-order valence-corrected chi connectivity index (χ1v) is 9.78. The summed E-state index contributed by atoms with van der Waals surface area (Å²) in [6.07, 6.45) is 6.82. The van der Waals surface area contributed by atoms with E-state index in [0.717, 1.165) is 18.5 Å². The Labute approximate surface area is 170 Å². The largest absolute Gasteiger partial charge is 0.493 e. The maximum atomic E-state index is 13.1. The van der Waals surface area contributed by atoms with Gasteiger partial charge < -0.3 is 24.7 Å². The molecule has 29 heavy (non-hydrogen) atoms. The molecule has 1 fully saturated rings. The van der Waals surface area contributed by atoms with E-state index < -0.39 is 5.54 Å². The standard InChI is InChI=1S/C21H28N4O4/c1-15-13-22-14-25(15)11-8-19(26)24-21(9-4-5-10-21)20(27)23-16-6-7-17(28-2)18(12-16)29-3/h6-7,12-14H,4-5,8-11H2,1-3H3,(H,23,27)(H,24,26). The number of aryl methyl sites for hydroxylation is 2. The van der Waals surface area contributed by atoms with Crippen molar-refractivity contribution in [2.45, 2.75) is 51.1 Å². The maximum Gasteiger partial charge on any atom is 0.250 e. The Bertz CT molecular complexity index is 871. The van der Waals surface area contributed by atoms with Crippen molar-refractivity contribution in [3.05, 3.63) is 36.4 Å². The highest BCUT2D eigenvalue weighted by molar-refractivity contribution is 6.01. The Morgan fingerprint density at radius 1 is 1.17 bits per heavy atom. The highest BCUT2D eigenvalue weighted by Crippen LogP contribution is 2.33. The van der Waals surface area contributed by atoms with Crippen molar-refractivity contribution in [1.29, 1.82) is 0 Å². The number of rotatable bonds is 8. The number of carbonyl (C=O) groups is 2. The minimum atomic E-state index is -0.881. The molecule has 1 saturated carbocycles. The van der Waals surface area contributed by atoms with Crippen molar-refractivity contribution in [3.8, 4) is 11.5 Å². The third-order valence-corrected chi connectivity index (χ3v) is 5.41. The summed E-state index contributed by atoms with van der Waals surface area (Å²) in [7, 11) is 3.11. The number of hydrogen-bond acceptors (Lipinski definition) is 5. The van der Waals surface area contributed by atoms with Gasteiger partial charge in [-0.1, -0.05) is 12.8 Å². The van der Waals surface area contributed by atoms with Crippen molar-refractivity contribution in [2.75, 3.05) is 19.5 Å². The van der Waals surface area contributed by atoms with E-state index in [1.54, 1.807) is 44.9 Å². The van der Waals surface area contributed by atoms with Gasteiger partial charge in [0.05, 0.1) is 20.5 Å². The van der Waals surface area contributed by atoms with Crippen LogP contribution in [0.5, 0.6) is 11.5 Å². The number of ether oxygens (including phenoxy) is 2. The number of amides is 2. The molecule has 0 spiro atoms. The van der Waals surface area contributed by atoms with Crippen LogP contribution in [0.3, 0.4) is 0 Å². The molecule has 0 atom stereocenters. The lowest BCUT2D eigenvalue weighted by Gasteiger charge is -2.29. The first-order valence-electron chi connectivity index (χ1n) is 9.78. The number of hydrogen-bond donors (Lipinski definition) is 2. The quantitative estimate of drug-likeness (QED) is 0.710. The monoisotopic (exact) mass is 400 g/mol. The van der Waals surface area contributed by atoms with Gasteiger partial charge in [-0.05, 0) is 31.9 Å². The number of nitrogens with one attached hydrogen (secondary N) is 2. The van der Waals surface area contributed by atoms with Crippen LogP contribution < -0.4 is 20.1 Å². The molecule has 0 bridgehead atoms. The van der Waals surface area contributed by atoms with Crippen LogP contribution in [0.1, 0.15) is 37.8 Å². The predicted molar refractivity (Wildman–Crippen MR) is 109 cm³/mol. The number of nitrogens with zero attached hydrogens (tertiary/aromatic N) is 2. The second-order valence-corrected chi connectivity index (χ2v) is 7.34. The summed E-state index contributed by atoms with van der Waals surface area (Å²) in [5, 5.41) is 5.94. The van der Waals surface area contributed by atoms with Crippen LogP contribution in [0.4, 0.5) is 5.69 Å². The molecule has 1 aliphatic rings. The number of anilines is 1. The van der Waals surface area contributed by atoms with E-state index in [4.69, 9.17) is 9.47 Å². The summed E-state index contributed by atoms with van der Waals surface area (Å²) >= 11 is 0. The van der Waals surface area contributed by atoms with Gasteiger partial charge in [0.2, 0.25) is 11.8 Å². The molecule has 8 nitrogen and oxygen atoms in total. The lowest BCUT2D eigenvalue weighted by atomic mass is 9.95. The summed E-state index contributed by atoms with van der Waals surface area (Å²) < 4.78 is 12.5. The summed E-state index contributed by atoms with van der Waals surface area (Å²) in [6, 6.07) is 5.20. The molecule has 1 aromatic carbocycles. The van der Waals surface area contributed by atoms with Gasteiger partial charge in [0.1, 0.15) is 5.54 Å². The van der Waals surface area contributed by atoms with Crippen molar-refractivity contribution < 1.29 is 19.1 Å². The molecule has 8 heteroatoms. The predicted octanol–water partition coefficient (Wildman–Crippen LogP) is 2.67. The highest BCUT2D eigenvalue weighted by Gasteiger charge is 2.42. The number of carbonyl (C=O) groups excluding carboxylic acids is 2. The lowest BCUT2D eigenvalue weighted by Crippen LogP contribution is -2.55. The van der Waals surface area contributed by atoms with Gasteiger partial charge in [-0.25, -0.2) is 4.98 Å². The first-order chi connectivity index (χ1) is 14.0. The molecule has 2 amide bonds. The molecule has 1 aromatic heterocycles. The summed E-state index contributed by atoms with van der Waals surface area (Å²) in [5.41, 5.74) is 0.718. The normalized spacial score (nSPS) is 15.0. The zero-order chi connectivity index (χ0) is 20.9. The molecule has 0 radical (unpaired) electrons. The van der Waals surface area contributed by atoms with E-state index in [2.05, 4.69) is 15.6 Å². The van der Waals surface area contributed by atoms with Crippen molar-refractivity contribution in [1.82, 2.24) is 14.9 Å². The molecule has 1 aliphatic carbocycles. The van der Waals surface area contributed by atoms with Crippen LogP contribution in [0.2, 0.25) is 0 Å². The third kappa shape index (κ3) is 4.70. The average Bonchev–Trinajstić information content (AvgIpc) is 3.36. The minimum Gasteiger partial charge on any atom is -0.493 e. The minimum absolute atomic E-state index is 0.137. The van der Waals surface area contributed by atoms with E-state index in [9.17, 15) is 9.59 Å². The van der Waals surface area contributed by atoms with Crippen LogP contribution in [0.15, 0.2) is 30.7 Å². The summed E-state index contributed by atoms with van der Waals surface area (Å²) in [6.45, 7) is 2.48. The van der Waals surface area contributed by atoms with E-state index in [1.165, 1.54) is 0 Å². The Kier molecular flexibility index (Phi) is 6.41. The van der Waals surface area contributed by atoms with Gasteiger partial charge in [0.15, 0.2) is 11.5 Å². The molecule has 0 unspecified atom stereocenters. The van der Waals surface area contributed by atoms with Crippen LogP contribution >= 0.6 is 0 Å². The maximum absolute atomic E-state index is 13.1. The van der Waals surface area contributed by atoms with Gasteiger partial charge in [-0.3, -0.25) is 9.59 Å². The van der Waals surface area contributed by atoms with Crippen LogP contribution in [-0.4, -0.2) is 41.1 Å². The smallest absolute Gasteiger partial charge is 0.250 e. The van der Waals surface area contributed by atoms with E-state index in [-0.39, 0.29) is 11.8 Å². The van der Waals surface area contributed by atoms with Crippen molar-refractivity contribution in [2.24, 2.45) is 0 Å². The number of methoxy groups -OCH3 is 2. The number of benzene rings is 1. The molecule has 3 rings (SSSR count). The fourth-order valence-corrected chi connectivity index (χ4v) is 3.72. The Morgan fingerprint density at radius 2 is 1.90 bits per heavy atom. The Morgan fingerprint density at radius 3 is 2.52 bits per heavy atom. The molecule has 0 saturated heterocycles. The molecular formula is C21H28N4O4. The van der Waals surface area contributed by atoms with Gasteiger partial charge in [-0.2, -0.15) is 0 Å². The second kappa shape index (κ2) is 8.98. The van der Waals surface area contributed by atoms with E-state index in [1.807, 2.05) is 11.5 Å². The zero-order valence-corrected chi connectivity index (χ0v) is 17.2. The van der Waals surface area contributed by atoms with Gasteiger partial charge in [-0.15, -0.1) is 0 Å². The lowest BCUT2D eigenvalue weighted by molar-refractivity contribution is -0.130. The van der Waals surface area contributed by atoms with Crippen molar-refractivity contribution >= 4 is 17.5 Å². The second-order valence-electron chi connectivity index (χ2n) is 7.34. The highest BCUT2D eigenvalue weighted by atomic mass is 16.5. The van der Waals surface area contributed by atoms with Crippen LogP contribution in [0.25, 0.3) is 0 Å². The topological polar surface area (TPSA) is 94.5 Å². The molecule has 1 heterocycles. The first kappa shape index (κ1) is 20.7. The van der Waals surface area contributed by atoms with Gasteiger partial charge in [0.25, 0.3) is 0 Å². The fraction of sp³-hybridized carbons (Fsp3) is 0.476. The number of aromatic nitrogens is 2. The molecule has 0 aliphatic heterocycles. The molecular weight excluding hydrogens is 372 g/mol. The van der Waals surface area contributed by atoms with Crippen molar-refractivity contribution in [3.63, 3.8) is 0 Å². The summed E-state index contributed by atoms with van der Waals surface area (Å²) in [5.74, 6) is 0.784. The molecule has 2 aromatic rings.